The molecule has 166 valence electrons. The van der Waals surface area contributed by atoms with Crippen LogP contribution in [0.3, 0.4) is 0 Å². The molecular weight excluding hydrogens is 400 g/mol. The SMILES string of the molecule is Nc1c(NC(=O)c2ccccc2)ccc2c1CC(C[C@H](O)COc1ccccc1)CCC2. The standard InChI is InChI=1S/C27H30N2O3/c28-26-24-17-19(16-22(30)18-32-23-12-5-2-6-13-23)8-7-11-20(24)14-15-25(26)29-27(31)21-9-3-1-4-10-21/h1-6,9-10,12-15,19,22,30H,7-8,11,16-18,28H2,(H,29,31)/t19?,22-/m0/s1. The van der Waals surface area contributed by atoms with Crippen molar-refractivity contribution in [1.29, 1.82) is 0 Å². The average molecular weight is 431 g/mol. The summed E-state index contributed by atoms with van der Waals surface area (Å²) in [7, 11) is 0. The van der Waals surface area contributed by atoms with E-state index in [0.717, 1.165) is 37.0 Å². The minimum Gasteiger partial charge on any atom is -0.491 e. The van der Waals surface area contributed by atoms with Crippen LogP contribution in [0, 0.1) is 5.92 Å². The van der Waals surface area contributed by atoms with Crippen molar-refractivity contribution in [3.05, 3.63) is 89.5 Å². The van der Waals surface area contributed by atoms with Crippen molar-refractivity contribution in [3.8, 4) is 5.75 Å². The van der Waals surface area contributed by atoms with Crippen LogP contribution in [0.2, 0.25) is 0 Å². The molecule has 0 radical (unpaired) electrons. The van der Waals surface area contributed by atoms with E-state index in [9.17, 15) is 9.90 Å². The molecule has 1 amide bonds. The van der Waals surface area contributed by atoms with Crippen LogP contribution >= 0.6 is 0 Å². The second-order valence-corrected chi connectivity index (χ2v) is 8.46. The Labute approximate surface area is 189 Å². The number of fused-ring (bicyclic) bond motifs is 1. The van der Waals surface area contributed by atoms with Crippen LogP contribution in [0.5, 0.6) is 5.75 Å². The van der Waals surface area contributed by atoms with Crippen LogP contribution < -0.4 is 15.8 Å². The van der Waals surface area contributed by atoms with Gasteiger partial charge in [-0.05, 0) is 79.5 Å². The third kappa shape index (κ3) is 5.48. The number of carbonyl (C=O) groups is 1. The molecule has 4 N–H and O–H groups in total. The van der Waals surface area contributed by atoms with Crippen molar-refractivity contribution in [3.63, 3.8) is 0 Å². The number of ether oxygens (including phenoxy) is 1. The highest BCUT2D eigenvalue weighted by atomic mass is 16.5. The highest BCUT2D eigenvalue weighted by Gasteiger charge is 2.23. The average Bonchev–Trinajstić information content (AvgIpc) is 3.03. The van der Waals surface area contributed by atoms with Crippen LogP contribution in [0.4, 0.5) is 11.4 Å². The summed E-state index contributed by atoms with van der Waals surface area (Å²) in [6.45, 7) is 0.274. The van der Waals surface area contributed by atoms with Crippen LogP contribution in [0.15, 0.2) is 72.8 Å². The van der Waals surface area contributed by atoms with Crippen LogP contribution in [0.1, 0.15) is 40.7 Å². The fourth-order valence-corrected chi connectivity index (χ4v) is 4.41. The van der Waals surface area contributed by atoms with Gasteiger partial charge in [-0.1, -0.05) is 42.5 Å². The molecule has 3 aromatic rings. The van der Waals surface area contributed by atoms with Gasteiger partial charge in [0.05, 0.1) is 17.5 Å². The molecule has 0 saturated heterocycles. The largest absolute Gasteiger partial charge is 0.491 e. The Morgan fingerprint density at radius 3 is 2.53 bits per heavy atom. The number of carbonyl (C=O) groups excluding carboxylic acids is 1. The molecule has 0 saturated carbocycles. The van der Waals surface area contributed by atoms with Gasteiger partial charge < -0.3 is 20.9 Å². The van der Waals surface area contributed by atoms with E-state index in [4.69, 9.17) is 10.5 Å². The van der Waals surface area contributed by atoms with Crippen molar-refractivity contribution >= 4 is 17.3 Å². The molecule has 1 aliphatic carbocycles. The molecule has 5 heteroatoms. The predicted molar refractivity (Wildman–Crippen MR) is 128 cm³/mol. The van der Waals surface area contributed by atoms with E-state index in [-0.39, 0.29) is 12.5 Å². The van der Waals surface area contributed by atoms with E-state index in [1.54, 1.807) is 12.1 Å². The van der Waals surface area contributed by atoms with Crippen LogP contribution in [-0.4, -0.2) is 23.7 Å². The van der Waals surface area contributed by atoms with E-state index in [2.05, 4.69) is 11.4 Å². The summed E-state index contributed by atoms with van der Waals surface area (Å²) in [4.78, 5) is 12.6. The fraction of sp³-hybridized carbons (Fsp3) is 0.296. The van der Waals surface area contributed by atoms with Gasteiger partial charge in [-0.25, -0.2) is 0 Å². The quantitative estimate of drug-likeness (QED) is 0.370. The molecule has 2 atom stereocenters. The van der Waals surface area contributed by atoms with Gasteiger partial charge in [0, 0.05) is 5.56 Å². The van der Waals surface area contributed by atoms with E-state index in [1.165, 1.54) is 5.56 Å². The molecule has 0 fully saturated rings. The molecule has 0 aliphatic heterocycles. The molecule has 0 spiro atoms. The number of aliphatic hydroxyl groups excluding tert-OH is 1. The lowest BCUT2D eigenvalue weighted by Gasteiger charge is -2.21. The monoisotopic (exact) mass is 430 g/mol. The molecule has 32 heavy (non-hydrogen) atoms. The Balaban J connectivity index is 1.42. The molecule has 1 aliphatic rings. The van der Waals surface area contributed by atoms with E-state index < -0.39 is 6.10 Å². The minimum atomic E-state index is -0.538. The predicted octanol–water partition coefficient (Wildman–Crippen LogP) is 4.85. The Morgan fingerprint density at radius 1 is 1.06 bits per heavy atom. The van der Waals surface area contributed by atoms with Crippen LogP contribution in [0.25, 0.3) is 0 Å². The molecule has 1 unspecified atom stereocenters. The maximum Gasteiger partial charge on any atom is 0.255 e. The van der Waals surface area contributed by atoms with Crippen LogP contribution in [-0.2, 0) is 12.8 Å². The van der Waals surface area contributed by atoms with Crippen molar-refractivity contribution in [2.75, 3.05) is 17.7 Å². The number of nitrogens with one attached hydrogen (secondary N) is 1. The molecule has 5 nitrogen and oxygen atoms in total. The maximum atomic E-state index is 12.6. The smallest absolute Gasteiger partial charge is 0.255 e. The van der Waals surface area contributed by atoms with Gasteiger partial charge in [0.1, 0.15) is 12.4 Å². The van der Waals surface area contributed by atoms with Gasteiger partial charge in [0.25, 0.3) is 5.91 Å². The number of nitrogen functional groups attached to an aromatic ring is 1. The van der Waals surface area contributed by atoms with Gasteiger partial charge in [0.15, 0.2) is 0 Å². The molecule has 4 rings (SSSR count). The maximum absolute atomic E-state index is 12.6. The number of hydrogen-bond acceptors (Lipinski definition) is 4. The Kier molecular flexibility index (Phi) is 7.07. The lowest BCUT2D eigenvalue weighted by molar-refractivity contribution is 0.0834. The molecular formula is C27H30N2O3. The number of hydrogen-bond donors (Lipinski definition) is 3. The minimum absolute atomic E-state index is 0.170. The highest BCUT2D eigenvalue weighted by molar-refractivity contribution is 6.06. The Morgan fingerprint density at radius 2 is 1.78 bits per heavy atom. The number of rotatable bonds is 7. The first-order valence-corrected chi connectivity index (χ1v) is 11.2. The number of amides is 1. The summed E-state index contributed by atoms with van der Waals surface area (Å²) in [6.07, 6.45) is 3.95. The lowest BCUT2D eigenvalue weighted by atomic mass is 9.90. The fourth-order valence-electron chi connectivity index (χ4n) is 4.41. The summed E-state index contributed by atoms with van der Waals surface area (Å²) >= 11 is 0. The first-order valence-electron chi connectivity index (χ1n) is 11.2. The van der Waals surface area contributed by atoms with Gasteiger partial charge in [0.2, 0.25) is 0 Å². The van der Waals surface area contributed by atoms with Gasteiger partial charge in [-0.2, -0.15) is 0 Å². The highest BCUT2D eigenvalue weighted by Crippen LogP contribution is 2.35. The van der Waals surface area contributed by atoms with Gasteiger partial charge >= 0.3 is 0 Å². The van der Waals surface area contributed by atoms with Crippen molar-refractivity contribution in [1.82, 2.24) is 0 Å². The zero-order valence-corrected chi connectivity index (χ0v) is 18.2. The molecule has 0 heterocycles. The van der Waals surface area contributed by atoms with Gasteiger partial charge in [-0.15, -0.1) is 0 Å². The number of para-hydroxylation sites is 1. The number of benzene rings is 3. The Bertz CT molecular complexity index is 1040. The second-order valence-electron chi connectivity index (χ2n) is 8.46. The van der Waals surface area contributed by atoms with Crippen molar-refractivity contribution in [2.24, 2.45) is 5.92 Å². The van der Waals surface area contributed by atoms with E-state index in [1.807, 2.05) is 54.6 Å². The molecule has 0 bridgehead atoms. The molecule has 0 aromatic heterocycles. The van der Waals surface area contributed by atoms with E-state index >= 15 is 0 Å². The third-order valence-corrected chi connectivity index (χ3v) is 6.08. The normalized spacial score (nSPS) is 16.5. The van der Waals surface area contributed by atoms with Crippen molar-refractivity contribution < 1.29 is 14.6 Å². The second kappa shape index (κ2) is 10.3. The van der Waals surface area contributed by atoms with Gasteiger partial charge in [-0.3, -0.25) is 4.79 Å². The van der Waals surface area contributed by atoms with E-state index in [0.29, 0.717) is 29.3 Å². The Hall–Kier alpha value is -3.31. The zero-order valence-electron chi connectivity index (χ0n) is 18.2. The number of aryl methyl sites for hydroxylation is 1. The zero-order chi connectivity index (χ0) is 22.3. The number of anilines is 2. The third-order valence-electron chi connectivity index (χ3n) is 6.08. The number of nitrogens with two attached hydrogens (primary N) is 1. The summed E-state index contributed by atoms with van der Waals surface area (Å²) in [6, 6.07) is 22.7. The first-order chi connectivity index (χ1) is 15.6. The summed E-state index contributed by atoms with van der Waals surface area (Å²) in [5.41, 5.74) is 10.7. The summed E-state index contributed by atoms with van der Waals surface area (Å²) < 4.78 is 5.72. The van der Waals surface area contributed by atoms with Crippen molar-refractivity contribution in [2.45, 2.75) is 38.2 Å². The first kappa shape index (κ1) is 21.9. The summed E-state index contributed by atoms with van der Waals surface area (Å²) in [5, 5.41) is 13.5. The molecule has 3 aromatic carbocycles. The topological polar surface area (TPSA) is 84.6 Å². The number of aliphatic hydroxyl groups is 1. The summed E-state index contributed by atoms with van der Waals surface area (Å²) in [5.74, 6) is 0.907. The lowest BCUT2D eigenvalue weighted by Crippen LogP contribution is -2.22.